The van der Waals surface area contributed by atoms with E-state index in [2.05, 4.69) is 36.2 Å². The first-order valence-electron chi connectivity index (χ1n) is 6.36. The lowest BCUT2D eigenvalue weighted by atomic mass is 10.2. The van der Waals surface area contributed by atoms with E-state index in [4.69, 9.17) is 0 Å². The normalized spacial score (nSPS) is 14.8. The Morgan fingerprint density at radius 1 is 1.47 bits per heavy atom. The molecule has 2 atom stereocenters. The fourth-order valence-electron chi connectivity index (χ4n) is 1.57. The van der Waals surface area contributed by atoms with E-state index in [-0.39, 0.29) is 0 Å². The van der Waals surface area contributed by atoms with E-state index in [0.717, 1.165) is 29.8 Å². The first-order chi connectivity index (χ1) is 8.21. The Balaban J connectivity index is 2.46. The highest BCUT2D eigenvalue weighted by Gasteiger charge is 2.13. The predicted molar refractivity (Wildman–Crippen MR) is 74.5 cm³/mol. The molecule has 0 amide bonds. The van der Waals surface area contributed by atoms with E-state index in [1.165, 1.54) is 6.42 Å². The third-order valence-electron chi connectivity index (χ3n) is 2.99. The molecule has 0 aromatic carbocycles. The number of nitrogens with one attached hydrogen (secondary N) is 1. The molecule has 1 N–H and O–H groups in total. The minimum atomic E-state index is 0.475. The largest absolute Gasteiger partial charge is 0.316 e. The van der Waals surface area contributed by atoms with Crippen LogP contribution < -0.4 is 5.32 Å². The summed E-state index contributed by atoms with van der Waals surface area (Å²) in [5, 5.41) is 8.30. The third kappa shape index (κ3) is 4.68. The number of aryl methyl sites for hydroxylation is 1. The van der Waals surface area contributed by atoms with Gasteiger partial charge >= 0.3 is 0 Å². The topological polar surface area (TPSA) is 42.7 Å². The molecule has 5 heteroatoms. The molecule has 0 aliphatic heterocycles. The Bertz CT molecular complexity index is 313. The van der Waals surface area contributed by atoms with Gasteiger partial charge in [-0.1, -0.05) is 13.8 Å². The molecular formula is C12H24N4S. The number of rotatable bonds is 8. The van der Waals surface area contributed by atoms with Crippen molar-refractivity contribution in [2.45, 2.75) is 51.4 Å². The van der Waals surface area contributed by atoms with Crippen molar-refractivity contribution in [1.82, 2.24) is 20.1 Å². The second kappa shape index (κ2) is 7.71. The Kier molecular flexibility index (Phi) is 6.58. The van der Waals surface area contributed by atoms with E-state index in [0.29, 0.717) is 6.04 Å². The average Bonchev–Trinajstić information content (AvgIpc) is 2.80. The summed E-state index contributed by atoms with van der Waals surface area (Å²) in [6, 6.07) is 0.475. The van der Waals surface area contributed by atoms with Crippen molar-refractivity contribution < 1.29 is 0 Å². The van der Waals surface area contributed by atoms with Gasteiger partial charge in [-0.05, 0) is 20.4 Å². The van der Waals surface area contributed by atoms with Crippen molar-refractivity contribution >= 4 is 11.8 Å². The Labute approximate surface area is 109 Å². The van der Waals surface area contributed by atoms with Crippen molar-refractivity contribution in [2.24, 2.45) is 0 Å². The van der Waals surface area contributed by atoms with Gasteiger partial charge in [0.15, 0.2) is 0 Å². The summed E-state index contributed by atoms with van der Waals surface area (Å²) < 4.78 is 1.97. The smallest absolute Gasteiger partial charge is 0.138 e. The van der Waals surface area contributed by atoms with E-state index in [1.54, 1.807) is 6.33 Å². The van der Waals surface area contributed by atoms with Gasteiger partial charge in [-0.2, -0.15) is 16.9 Å². The van der Waals surface area contributed by atoms with Crippen LogP contribution in [0, 0.1) is 0 Å². The number of likely N-dealkylation sites (N-methyl/N-ethyl adjacent to an activating group) is 1. The molecule has 2 unspecified atom stereocenters. The van der Waals surface area contributed by atoms with Crippen LogP contribution in [0.1, 0.15) is 33.0 Å². The lowest BCUT2D eigenvalue weighted by molar-refractivity contribution is 0.548. The van der Waals surface area contributed by atoms with Gasteiger partial charge in [0.2, 0.25) is 0 Å². The van der Waals surface area contributed by atoms with Crippen LogP contribution in [0.5, 0.6) is 0 Å². The summed E-state index contributed by atoms with van der Waals surface area (Å²) in [4.78, 5) is 4.32. The number of thioether (sulfide) groups is 1. The van der Waals surface area contributed by atoms with Crippen molar-refractivity contribution in [3.05, 3.63) is 12.2 Å². The highest BCUT2D eigenvalue weighted by molar-refractivity contribution is 7.99. The predicted octanol–water partition coefficient (Wildman–Crippen LogP) is 1.96. The monoisotopic (exact) mass is 256 g/mol. The molecule has 17 heavy (non-hydrogen) atoms. The van der Waals surface area contributed by atoms with Crippen LogP contribution in [0.4, 0.5) is 0 Å². The van der Waals surface area contributed by atoms with Crippen LogP contribution in [0.2, 0.25) is 0 Å². The van der Waals surface area contributed by atoms with Gasteiger partial charge in [0, 0.05) is 30.0 Å². The van der Waals surface area contributed by atoms with Crippen molar-refractivity contribution in [3.63, 3.8) is 0 Å². The van der Waals surface area contributed by atoms with Crippen LogP contribution in [-0.2, 0) is 13.0 Å². The molecule has 98 valence electrons. The molecule has 0 saturated carbocycles. The lowest BCUT2D eigenvalue weighted by Gasteiger charge is -2.17. The average molecular weight is 256 g/mol. The first-order valence-corrected chi connectivity index (χ1v) is 7.41. The van der Waals surface area contributed by atoms with Gasteiger partial charge in [0.05, 0.1) is 0 Å². The molecule has 0 aliphatic rings. The highest BCUT2D eigenvalue weighted by Crippen LogP contribution is 2.15. The second-order valence-electron chi connectivity index (χ2n) is 4.23. The van der Waals surface area contributed by atoms with E-state index in [1.807, 2.05) is 23.5 Å². The van der Waals surface area contributed by atoms with Gasteiger partial charge in [-0.25, -0.2) is 4.98 Å². The minimum absolute atomic E-state index is 0.475. The number of hydrogen-bond donors (Lipinski definition) is 1. The molecule has 4 nitrogen and oxygen atoms in total. The Morgan fingerprint density at radius 2 is 2.24 bits per heavy atom. The third-order valence-corrected chi connectivity index (χ3v) is 4.49. The second-order valence-corrected chi connectivity index (χ2v) is 5.71. The number of hydrogen-bond acceptors (Lipinski definition) is 4. The summed E-state index contributed by atoms with van der Waals surface area (Å²) in [6.45, 7) is 7.51. The molecule has 1 heterocycles. The van der Waals surface area contributed by atoms with E-state index >= 15 is 0 Å². The van der Waals surface area contributed by atoms with Crippen molar-refractivity contribution in [1.29, 1.82) is 0 Å². The van der Waals surface area contributed by atoms with Gasteiger partial charge < -0.3 is 5.32 Å². The molecular weight excluding hydrogens is 232 g/mol. The van der Waals surface area contributed by atoms with Gasteiger partial charge in [0.25, 0.3) is 0 Å². The van der Waals surface area contributed by atoms with Gasteiger partial charge in [0.1, 0.15) is 12.2 Å². The van der Waals surface area contributed by atoms with Gasteiger partial charge in [-0.15, -0.1) is 0 Å². The van der Waals surface area contributed by atoms with Crippen LogP contribution in [0.25, 0.3) is 0 Å². The molecule has 0 saturated heterocycles. The van der Waals surface area contributed by atoms with Crippen molar-refractivity contribution in [2.75, 3.05) is 12.8 Å². The van der Waals surface area contributed by atoms with E-state index in [9.17, 15) is 0 Å². The first kappa shape index (κ1) is 14.5. The molecule has 1 aromatic heterocycles. The summed E-state index contributed by atoms with van der Waals surface area (Å²) in [6.07, 6.45) is 3.83. The summed E-state index contributed by atoms with van der Waals surface area (Å²) in [5.41, 5.74) is 0. The SMILES string of the molecule is CCC(C)SCC(Cc1ncnn1CC)NC. The van der Waals surface area contributed by atoms with E-state index < -0.39 is 0 Å². The Morgan fingerprint density at radius 3 is 2.82 bits per heavy atom. The molecule has 0 radical (unpaired) electrons. The maximum atomic E-state index is 4.32. The summed E-state index contributed by atoms with van der Waals surface area (Å²) >= 11 is 2.02. The van der Waals surface area contributed by atoms with Gasteiger partial charge in [-0.3, -0.25) is 4.68 Å². The maximum Gasteiger partial charge on any atom is 0.138 e. The molecule has 1 aromatic rings. The molecule has 0 fully saturated rings. The van der Waals surface area contributed by atoms with Crippen LogP contribution >= 0.6 is 11.8 Å². The standard InChI is InChI=1S/C12H24N4S/c1-5-10(3)17-8-11(13-4)7-12-14-9-15-16(12)6-2/h9-11,13H,5-8H2,1-4H3. The maximum absolute atomic E-state index is 4.32. The van der Waals surface area contributed by atoms with Crippen LogP contribution in [-0.4, -0.2) is 38.9 Å². The zero-order chi connectivity index (χ0) is 12.7. The van der Waals surface area contributed by atoms with Crippen LogP contribution in [0.15, 0.2) is 6.33 Å². The summed E-state index contributed by atoms with van der Waals surface area (Å²) in [7, 11) is 2.02. The summed E-state index contributed by atoms with van der Waals surface area (Å²) in [5.74, 6) is 2.21. The Hall–Kier alpha value is -0.550. The number of nitrogens with zero attached hydrogens (tertiary/aromatic N) is 3. The molecule has 0 bridgehead atoms. The zero-order valence-electron chi connectivity index (χ0n) is 11.3. The molecule has 0 spiro atoms. The fourth-order valence-corrected chi connectivity index (χ4v) is 2.65. The molecule has 0 aliphatic carbocycles. The minimum Gasteiger partial charge on any atom is -0.316 e. The zero-order valence-corrected chi connectivity index (χ0v) is 12.1. The lowest BCUT2D eigenvalue weighted by Crippen LogP contribution is -2.32. The highest BCUT2D eigenvalue weighted by atomic mass is 32.2. The molecule has 1 rings (SSSR count). The number of aromatic nitrogens is 3. The fraction of sp³-hybridized carbons (Fsp3) is 0.833. The van der Waals surface area contributed by atoms with Crippen LogP contribution in [0.3, 0.4) is 0 Å². The quantitative estimate of drug-likeness (QED) is 0.772. The van der Waals surface area contributed by atoms with Crippen molar-refractivity contribution in [3.8, 4) is 0 Å².